The summed E-state index contributed by atoms with van der Waals surface area (Å²) in [5, 5.41) is 26.4. The van der Waals surface area contributed by atoms with Crippen molar-refractivity contribution in [1.29, 1.82) is 0 Å². The van der Waals surface area contributed by atoms with Crippen LogP contribution in [0.4, 0.5) is 22.0 Å². The number of benzene rings is 2. The molecular formula is C29H28ClFN8O5. The molecule has 5 N–H and O–H groups in total. The maximum absolute atomic E-state index is 15.3. The summed E-state index contributed by atoms with van der Waals surface area (Å²) in [5.41, 5.74) is 7.68. The molecule has 0 radical (unpaired) electrons. The van der Waals surface area contributed by atoms with Crippen molar-refractivity contribution in [2.45, 2.75) is 31.5 Å². The van der Waals surface area contributed by atoms with Crippen LogP contribution < -0.4 is 16.6 Å². The van der Waals surface area contributed by atoms with Crippen LogP contribution in [-0.4, -0.2) is 58.2 Å². The van der Waals surface area contributed by atoms with Crippen molar-refractivity contribution < 1.29 is 24.1 Å². The highest BCUT2D eigenvalue weighted by atomic mass is 35.5. The zero-order chi connectivity index (χ0) is 30.2. The number of esters is 1. The van der Waals surface area contributed by atoms with Gasteiger partial charge in [0.05, 0.1) is 29.6 Å². The van der Waals surface area contributed by atoms with E-state index in [0.717, 1.165) is 18.4 Å². The first-order valence-corrected chi connectivity index (χ1v) is 13.4. The third-order valence-corrected chi connectivity index (χ3v) is 7.10. The molecule has 0 saturated heterocycles. The molecule has 44 heavy (non-hydrogen) atoms. The van der Waals surface area contributed by atoms with E-state index >= 15 is 4.39 Å². The number of aromatic nitrogens is 6. The molecule has 1 aliphatic carbocycles. The number of nitrogens with zero attached hydrogens (tertiary/aromatic N) is 6. The molecule has 6 rings (SSSR count). The number of pyridine rings is 1. The van der Waals surface area contributed by atoms with E-state index in [9.17, 15) is 19.8 Å². The fourth-order valence-electron chi connectivity index (χ4n) is 4.85. The molecule has 0 aliphatic heterocycles. The van der Waals surface area contributed by atoms with Gasteiger partial charge in [-0.3, -0.25) is 14.0 Å². The van der Waals surface area contributed by atoms with E-state index in [1.807, 2.05) is 6.07 Å². The Morgan fingerprint density at radius 2 is 2.02 bits per heavy atom. The molecule has 3 heterocycles. The number of halogens is 2. The number of aliphatic hydroxyl groups is 2. The Bertz CT molecular complexity index is 1930. The van der Waals surface area contributed by atoms with Crippen LogP contribution in [0.15, 0.2) is 59.8 Å². The second-order valence-corrected chi connectivity index (χ2v) is 10.2. The third-order valence-electron chi connectivity index (χ3n) is 7.10. The molecule has 1 fully saturated rings. The van der Waals surface area contributed by atoms with Crippen molar-refractivity contribution in [2.24, 2.45) is 7.05 Å². The summed E-state index contributed by atoms with van der Waals surface area (Å²) in [5.74, 6) is -1.32. The van der Waals surface area contributed by atoms with Gasteiger partial charge >= 0.3 is 5.97 Å². The van der Waals surface area contributed by atoms with E-state index in [2.05, 4.69) is 25.4 Å². The van der Waals surface area contributed by atoms with Gasteiger partial charge in [-0.15, -0.1) is 12.4 Å². The normalized spacial score (nSPS) is 13.4. The molecule has 1 unspecified atom stereocenters. The smallest absolute Gasteiger partial charge is 0.337 e. The zero-order valence-electron chi connectivity index (χ0n) is 23.3. The molecule has 1 saturated carbocycles. The molecule has 5 aromatic rings. The van der Waals surface area contributed by atoms with Crippen molar-refractivity contribution in [3.63, 3.8) is 0 Å². The first-order chi connectivity index (χ1) is 20.7. The molecule has 1 aliphatic rings. The van der Waals surface area contributed by atoms with Crippen molar-refractivity contribution in [3.8, 4) is 17.1 Å². The molecule has 228 valence electrons. The number of nitrogens with one attached hydrogen (secondary N) is 1. The minimum atomic E-state index is -1.77. The Hall–Kier alpha value is -4.92. The number of hydrogen-bond donors (Lipinski definition) is 4. The van der Waals surface area contributed by atoms with Crippen molar-refractivity contribution in [1.82, 2.24) is 29.3 Å². The number of aryl methyl sites for hydroxylation is 1. The summed E-state index contributed by atoms with van der Waals surface area (Å²) in [6, 6.07) is 9.76. The van der Waals surface area contributed by atoms with Gasteiger partial charge in [-0.25, -0.2) is 9.18 Å². The van der Waals surface area contributed by atoms with Crippen molar-refractivity contribution in [2.75, 3.05) is 17.7 Å². The first kappa shape index (κ1) is 30.5. The van der Waals surface area contributed by atoms with Gasteiger partial charge in [0.2, 0.25) is 11.9 Å². The van der Waals surface area contributed by atoms with Gasteiger partial charge in [-0.2, -0.15) is 20.1 Å². The maximum atomic E-state index is 15.3. The van der Waals surface area contributed by atoms with Crippen molar-refractivity contribution in [3.05, 3.63) is 82.3 Å². The van der Waals surface area contributed by atoms with E-state index in [4.69, 9.17) is 10.5 Å². The van der Waals surface area contributed by atoms with E-state index in [0.29, 0.717) is 22.6 Å². The van der Waals surface area contributed by atoms with Gasteiger partial charge in [0, 0.05) is 30.6 Å². The summed E-state index contributed by atoms with van der Waals surface area (Å²) < 4.78 is 23.4. The number of nitrogens with two attached hydrogens (primary N) is 1. The average molecular weight is 623 g/mol. The molecular weight excluding hydrogens is 595 g/mol. The standard InChI is InChI=1S/C29H27FN8O5.ClH/c1-37-12-18(11-32-37)33-29-35-25(34-28(31)36-29)19-3-2-4-22(20(19)14-43-27(42)23(40)13-39)38-8-7-16-9-17(15-5-6-15)10-21(30)24(16)26(38)41;/h2-4,7-12,15,23,39-40H,5-6,13-14H2,1H3,(H3,31,33,34,35,36);1H. The molecule has 0 bridgehead atoms. The average Bonchev–Trinajstić information content (AvgIpc) is 3.76. The second-order valence-electron chi connectivity index (χ2n) is 10.2. The number of carbonyl (C=O) groups is 1. The van der Waals surface area contributed by atoms with Crippen LogP contribution in [-0.2, 0) is 23.2 Å². The van der Waals surface area contributed by atoms with Crippen LogP contribution in [0.3, 0.4) is 0 Å². The summed E-state index contributed by atoms with van der Waals surface area (Å²) in [6.07, 6.45) is 5.00. The van der Waals surface area contributed by atoms with Gasteiger partial charge in [-0.1, -0.05) is 18.2 Å². The molecule has 13 nitrogen and oxygen atoms in total. The predicted molar refractivity (Wildman–Crippen MR) is 161 cm³/mol. The minimum absolute atomic E-state index is 0. The molecule has 2 aromatic carbocycles. The highest BCUT2D eigenvalue weighted by Crippen LogP contribution is 2.41. The largest absolute Gasteiger partial charge is 0.459 e. The Morgan fingerprint density at radius 1 is 1.23 bits per heavy atom. The highest BCUT2D eigenvalue weighted by molar-refractivity contribution is 5.85. The lowest BCUT2D eigenvalue weighted by Crippen LogP contribution is -2.27. The van der Waals surface area contributed by atoms with E-state index in [1.54, 1.807) is 48.4 Å². The fourth-order valence-corrected chi connectivity index (χ4v) is 4.85. The second kappa shape index (κ2) is 12.4. The first-order valence-electron chi connectivity index (χ1n) is 13.4. The Kier molecular flexibility index (Phi) is 8.58. The minimum Gasteiger partial charge on any atom is -0.459 e. The summed E-state index contributed by atoms with van der Waals surface area (Å²) in [4.78, 5) is 38.9. The Morgan fingerprint density at radius 3 is 2.73 bits per heavy atom. The van der Waals surface area contributed by atoms with Crippen LogP contribution >= 0.6 is 12.4 Å². The maximum Gasteiger partial charge on any atom is 0.337 e. The van der Waals surface area contributed by atoms with E-state index in [-0.39, 0.29) is 46.8 Å². The van der Waals surface area contributed by atoms with Crippen LogP contribution in [0, 0.1) is 5.82 Å². The van der Waals surface area contributed by atoms with Crippen molar-refractivity contribution >= 4 is 46.7 Å². The topological polar surface area (TPSA) is 183 Å². The van der Waals surface area contributed by atoms with Gasteiger partial charge in [0.25, 0.3) is 5.56 Å². The zero-order valence-corrected chi connectivity index (χ0v) is 24.2. The molecule has 3 aromatic heterocycles. The number of nitrogen functional groups attached to an aromatic ring is 1. The Labute approximate surface area is 255 Å². The number of rotatable bonds is 9. The van der Waals surface area contributed by atoms with Crippen LogP contribution in [0.25, 0.3) is 27.8 Å². The summed E-state index contributed by atoms with van der Waals surface area (Å²) in [7, 11) is 1.75. The number of anilines is 3. The number of aliphatic hydroxyl groups excluding tert-OH is 2. The molecule has 15 heteroatoms. The molecule has 1 atom stereocenters. The number of fused-ring (bicyclic) bond motifs is 1. The van der Waals surface area contributed by atoms with Gasteiger partial charge < -0.3 is 26.0 Å². The van der Waals surface area contributed by atoms with Gasteiger partial charge in [-0.05, 0) is 47.9 Å². The molecule has 0 amide bonds. The summed E-state index contributed by atoms with van der Waals surface area (Å²) >= 11 is 0. The SMILES string of the molecule is Cl.Cn1cc(Nc2nc(N)nc(-c3cccc(-n4ccc5cc(C6CC6)cc(F)c5c4=O)c3COC(=O)C(O)CO)n2)cn1. The number of carbonyl (C=O) groups excluding carboxylic acids is 1. The molecule has 0 spiro atoms. The summed E-state index contributed by atoms with van der Waals surface area (Å²) in [6.45, 7) is -1.29. The van der Waals surface area contributed by atoms with Gasteiger partial charge in [0.15, 0.2) is 11.9 Å². The lowest BCUT2D eigenvalue weighted by molar-refractivity contribution is -0.156. The monoisotopic (exact) mass is 622 g/mol. The number of hydrogen-bond acceptors (Lipinski definition) is 11. The lowest BCUT2D eigenvalue weighted by atomic mass is 10.0. The highest BCUT2D eigenvalue weighted by Gasteiger charge is 2.26. The van der Waals surface area contributed by atoms with E-state index in [1.165, 1.54) is 16.8 Å². The van der Waals surface area contributed by atoms with E-state index < -0.39 is 36.7 Å². The van der Waals surface area contributed by atoms with Crippen LogP contribution in [0.5, 0.6) is 0 Å². The lowest BCUT2D eigenvalue weighted by Gasteiger charge is -2.18. The predicted octanol–water partition coefficient (Wildman–Crippen LogP) is 2.74. The Balaban J connectivity index is 0.00000384. The quantitative estimate of drug-likeness (QED) is 0.177. The number of ether oxygens (including phenoxy) is 1. The van der Waals surface area contributed by atoms with Crippen LogP contribution in [0.2, 0.25) is 0 Å². The fraction of sp³-hybridized carbons (Fsp3) is 0.241. The van der Waals surface area contributed by atoms with Crippen LogP contribution in [0.1, 0.15) is 29.9 Å². The third kappa shape index (κ3) is 6.08. The van der Waals surface area contributed by atoms with Gasteiger partial charge in [0.1, 0.15) is 12.4 Å².